The van der Waals surface area contributed by atoms with Crippen LogP contribution in [0.2, 0.25) is 0 Å². The van der Waals surface area contributed by atoms with Gasteiger partial charge in [-0.3, -0.25) is 0 Å². The molecule has 16 aromatic rings. The van der Waals surface area contributed by atoms with Gasteiger partial charge in [0.1, 0.15) is 15.0 Å². The molecular formula is C78H52N4S3. The maximum absolute atomic E-state index is 2.47. The van der Waals surface area contributed by atoms with Gasteiger partial charge in [-0.2, -0.15) is 0 Å². The third-order valence-corrected chi connectivity index (χ3v) is 19.6. The van der Waals surface area contributed by atoms with Crippen molar-refractivity contribution in [3.8, 4) is 37.0 Å². The Morgan fingerprint density at radius 1 is 0.235 bits per heavy atom. The number of hydrogen-bond acceptors (Lipinski definition) is 6. The molecule has 0 aliphatic rings. The molecule has 0 spiro atoms. The minimum atomic E-state index is 1.08. The highest BCUT2D eigenvalue weighted by Crippen LogP contribution is 2.50. The molecule has 4 aromatic heterocycles. The molecule has 0 N–H and O–H groups in total. The summed E-state index contributed by atoms with van der Waals surface area (Å²) in [5, 5.41) is 12.9. The molecular weight excluding hydrogens is 1090 g/mol. The van der Waals surface area contributed by atoms with Gasteiger partial charge in [0.25, 0.3) is 0 Å². The molecule has 85 heavy (non-hydrogen) atoms. The summed E-state index contributed by atoms with van der Waals surface area (Å²) in [7, 11) is 0. The first kappa shape index (κ1) is 50.4. The molecule has 0 saturated heterocycles. The molecule has 402 valence electrons. The molecule has 0 saturated carbocycles. The molecule has 4 heterocycles. The van der Waals surface area contributed by atoms with E-state index in [0.717, 1.165) is 76.6 Å². The third-order valence-electron chi connectivity index (χ3n) is 16.2. The van der Waals surface area contributed by atoms with E-state index in [2.05, 4.69) is 335 Å². The van der Waals surface area contributed by atoms with Crippen LogP contribution < -0.4 is 14.7 Å². The first-order valence-electron chi connectivity index (χ1n) is 28.6. The zero-order chi connectivity index (χ0) is 56.2. The van der Waals surface area contributed by atoms with Crippen LogP contribution in [0, 0.1) is 0 Å². The van der Waals surface area contributed by atoms with Gasteiger partial charge in [-0.1, -0.05) is 200 Å². The van der Waals surface area contributed by atoms with E-state index >= 15 is 0 Å². The van der Waals surface area contributed by atoms with Crippen LogP contribution >= 0.6 is 34.0 Å². The minimum absolute atomic E-state index is 1.08. The SMILES string of the molecule is c1ccc(-c2ccc(N(c3ccc(-n4c5ccc(N(c6ccc(-c7ccccc7)s6)c6cccc7ccccc67)cc5c5cc(N(c6ccc(-c7ccccc7)s6)c6cccc7ccccc67)ccc54)cc3)c3cccc4ccccc34)s2)cc1. The minimum Gasteiger partial charge on any atom is -0.309 e. The van der Waals surface area contributed by atoms with Crippen LogP contribution in [0.3, 0.4) is 0 Å². The van der Waals surface area contributed by atoms with Crippen molar-refractivity contribution in [3.63, 3.8) is 0 Å². The Labute approximate surface area is 505 Å². The molecule has 16 rings (SSSR count). The lowest BCUT2D eigenvalue weighted by atomic mass is 10.1. The fraction of sp³-hybridized carbons (Fsp3) is 0. The fourth-order valence-corrected chi connectivity index (χ4v) is 15.4. The summed E-state index contributed by atoms with van der Waals surface area (Å²) < 4.78 is 2.46. The molecule has 12 aromatic carbocycles. The third kappa shape index (κ3) is 9.14. The van der Waals surface area contributed by atoms with Crippen LogP contribution in [-0.2, 0) is 0 Å². The van der Waals surface area contributed by atoms with Crippen LogP contribution in [0.15, 0.2) is 315 Å². The van der Waals surface area contributed by atoms with Crippen LogP contribution in [0.4, 0.5) is 49.1 Å². The predicted molar refractivity (Wildman–Crippen MR) is 367 cm³/mol. The van der Waals surface area contributed by atoms with Gasteiger partial charge in [0.2, 0.25) is 0 Å². The number of hydrogen-bond donors (Lipinski definition) is 0. The van der Waals surface area contributed by atoms with Gasteiger partial charge in [0.05, 0.1) is 28.1 Å². The lowest BCUT2D eigenvalue weighted by Gasteiger charge is -2.26. The smallest absolute Gasteiger partial charge is 0.101 e. The Hall–Kier alpha value is -10.3. The number of thiophene rings is 3. The average Bonchev–Trinajstić information content (AvgIpc) is 3.51. The van der Waals surface area contributed by atoms with Crippen molar-refractivity contribution in [3.05, 3.63) is 315 Å². The number of benzene rings is 12. The number of fused-ring (bicyclic) bond motifs is 6. The van der Waals surface area contributed by atoms with Crippen molar-refractivity contribution in [1.29, 1.82) is 0 Å². The summed E-state index contributed by atoms with van der Waals surface area (Å²) in [6, 6.07) is 115. The molecule has 0 atom stereocenters. The highest BCUT2D eigenvalue weighted by Gasteiger charge is 2.25. The van der Waals surface area contributed by atoms with E-state index in [1.54, 1.807) is 0 Å². The summed E-state index contributed by atoms with van der Waals surface area (Å²) in [6.45, 7) is 0. The van der Waals surface area contributed by atoms with Gasteiger partial charge in [0.15, 0.2) is 0 Å². The first-order valence-corrected chi connectivity index (χ1v) is 31.1. The van der Waals surface area contributed by atoms with Gasteiger partial charge in [-0.05, 0) is 148 Å². The number of nitrogens with zero attached hydrogens (tertiary/aromatic N) is 4. The Balaban J connectivity index is 0.907. The van der Waals surface area contributed by atoms with E-state index in [-0.39, 0.29) is 0 Å². The quantitative estimate of drug-likeness (QED) is 0.114. The highest BCUT2D eigenvalue weighted by molar-refractivity contribution is 7.20. The number of aromatic nitrogens is 1. The second kappa shape index (κ2) is 21.5. The van der Waals surface area contributed by atoms with Crippen LogP contribution in [0.1, 0.15) is 0 Å². The van der Waals surface area contributed by atoms with Gasteiger partial charge < -0.3 is 19.3 Å². The van der Waals surface area contributed by atoms with Gasteiger partial charge in [-0.25, -0.2) is 0 Å². The molecule has 0 fully saturated rings. The second-order valence-electron chi connectivity index (χ2n) is 21.3. The molecule has 0 unspecified atom stereocenters. The van der Waals surface area contributed by atoms with Crippen molar-refractivity contribution in [2.75, 3.05) is 14.7 Å². The number of rotatable bonds is 13. The van der Waals surface area contributed by atoms with Crippen molar-refractivity contribution in [2.24, 2.45) is 0 Å². The van der Waals surface area contributed by atoms with E-state index in [0.29, 0.717) is 0 Å². The van der Waals surface area contributed by atoms with E-state index in [1.165, 1.54) is 63.6 Å². The van der Waals surface area contributed by atoms with Crippen molar-refractivity contribution in [2.45, 2.75) is 0 Å². The fourth-order valence-electron chi connectivity index (χ4n) is 12.3. The maximum atomic E-state index is 2.47. The summed E-state index contributed by atoms with van der Waals surface area (Å²) >= 11 is 5.45. The van der Waals surface area contributed by atoms with Crippen molar-refractivity contribution < 1.29 is 0 Å². The maximum Gasteiger partial charge on any atom is 0.101 e. The lowest BCUT2D eigenvalue weighted by Crippen LogP contribution is -2.09. The molecule has 4 nitrogen and oxygen atoms in total. The van der Waals surface area contributed by atoms with E-state index in [9.17, 15) is 0 Å². The van der Waals surface area contributed by atoms with Crippen LogP contribution in [0.5, 0.6) is 0 Å². The van der Waals surface area contributed by atoms with Gasteiger partial charge in [0, 0.05) is 64.3 Å². The predicted octanol–water partition coefficient (Wildman–Crippen LogP) is 23.8. The molecule has 0 radical (unpaired) electrons. The summed E-state index contributed by atoms with van der Waals surface area (Å²) in [5.41, 5.74) is 13.6. The largest absolute Gasteiger partial charge is 0.309 e. The Morgan fingerprint density at radius 3 is 0.929 bits per heavy atom. The monoisotopic (exact) mass is 1140 g/mol. The molecule has 0 aliphatic carbocycles. The first-order chi connectivity index (χ1) is 42.1. The topological polar surface area (TPSA) is 14.7 Å². The zero-order valence-corrected chi connectivity index (χ0v) is 48.5. The Morgan fingerprint density at radius 2 is 0.553 bits per heavy atom. The normalized spacial score (nSPS) is 11.5. The van der Waals surface area contributed by atoms with E-state index in [4.69, 9.17) is 0 Å². The molecule has 0 aliphatic heterocycles. The Bertz CT molecular complexity index is 4860. The van der Waals surface area contributed by atoms with E-state index < -0.39 is 0 Å². The summed E-state index contributed by atoms with van der Waals surface area (Å²) in [6.07, 6.45) is 0. The molecule has 0 amide bonds. The van der Waals surface area contributed by atoms with E-state index in [1.807, 2.05) is 34.0 Å². The molecule has 7 heteroatoms. The summed E-state index contributed by atoms with van der Waals surface area (Å²) in [5.74, 6) is 0. The van der Waals surface area contributed by atoms with Gasteiger partial charge in [-0.15, -0.1) is 34.0 Å². The Kier molecular flexibility index (Phi) is 12.7. The molecule has 0 bridgehead atoms. The average molecular weight is 1140 g/mol. The lowest BCUT2D eigenvalue weighted by molar-refractivity contribution is 1.17. The summed E-state index contributed by atoms with van der Waals surface area (Å²) in [4.78, 5) is 11.0. The zero-order valence-electron chi connectivity index (χ0n) is 46.0. The number of anilines is 9. The highest BCUT2D eigenvalue weighted by atomic mass is 32.1. The van der Waals surface area contributed by atoms with Crippen LogP contribution in [-0.4, -0.2) is 4.57 Å². The second-order valence-corrected chi connectivity index (χ2v) is 24.5. The van der Waals surface area contributed by atoms with Crippen molar-refractivity contribution >= 4 is 137 Å². The van der Waals surface area contributed by atoms with Crippen LogP contribution in [0.25, 0.3) is 91.1 Å². The standard InChI is InChI=1S/C78H52N4S3/c1-4-22-56(23-5-1)73-45-48-76(83-73)80(68-34-16-28-53-19-10-13-31-63(53)68)60-39-37-59(38-40-60)79-71-43-41-61(81(69-35-17-29-54-20-11-14-32-64(54)69)77-49-46-74(84-77)57-24-6-2-7-25-57)51-66(71)67-52-62(42-44-72(67)79)82(70-36-18-30-55-21-12-15-33-65(55)70)78-50-47-75(85-78)58-26-8-3-9-27-58/h1-52H. The van der Waals surface area contributed by atoms with Gasteiger partial charge >= 0.3 is 0 Å². The van der Waals surface area contributed by atoms with Crippen molar-refractivity contribution in [1.82, 2.24) is 4.57 Å².